The van der Waals surface area contributed by atoms with Crippen LogP contribution < -0.4 is 4.74 Å². The molecule has 1 atom stereocenters. The second-order valence-electron chi connectivity index (χ2n) is 6.90. The van der Waals surface area contributed by atoms with E-state index in [1.54, 1.807) is 0 Å². The van der Waals surface area contributed by atoms with Crippen LogP contribution in [0.25, 0.3) is 11.0 Å². The maximum atomic E-state index is 10.5. The molecular weight excluding hydrogens is 312 g/mol. The number of hydrogen-bond acceptors (Lipinski definition) is 3. The number of hydrogen-bond donors (Lipinski definition) is 1. The predicted octanol–water partition coefficient (Wildman–Crippen LogP) is 4.22. The molecule has 0 radical (unpaired) electrons. The molecule has 1 aromatic heterocycles. The van der Waals surface area contributed by atoms with Crippen molar-refractivity contribution in [2.75, 3.05) is 6.61 Å². The molecule has 0 unspecified atom stereocenters. The molecule has 132 valence electrons. The van der Waals surface area contributed by atoms with E-state index in [-0.39, 0.29) is 6.61 Å². The molecule has 1 heterocycles. The first-order valence-corrected chi connectivity index (χ1v) is 8.79. The van der Waals surface area contributed by atoms with Crippen LogP contribution in [0, 0.1) is 13.8 Å². The molecule has 0 amide bonds. The summed E-state index contributed by atoms with van der Waals surface area (Å²) >= 11 is 0. The number of aliphatic hydroxyl groups excluding tert-OH is 1. The van der Waals surface area contributed by atoms with E-state index in [1.165, 1.54) is 5.56 Å². The quantitative estimate of drug-likeness (QED) is 0.732. The molecule has 4 nitrogen and oxygen atoms in total. The Kier molecular flexibility index (Phi) is 5.09. The van der Waals surface area contributed by atoms with E-state index < -0.39 is 6.10 Å². The third-order valence-electron chi connectivity index (χ3n) is 4.55. The molecule has 0 saturated heterocycles. The lowest BCUT2D eigenvalue weighted by Gasteiger charge is -2.17. The third-order valence-corrected chi connectivity index (χ3v) is 4.55. The van der Waals surface area contributed by atoms with E-state index in [1.807, 2.05) is 42.7 Å². The van der Waals surface area contributed by atoms with Crippen LogP contribution in [0.3, 0.4) is 0 Å². The number of nitrogens with zero attached hydrogens (tertiary/aromatic N) is 2. The molecule has 3 rings (SSSR count). The fourth-order valence-electron chi connectivity index (χ4n) is 3.01. The van der Waals surface area contributed by atoms with Crippen molar-refractivity contribution in [1.29, 1.82) is 0 Å². The van der Waals surface area contributed by atoms with Gasteiger partial charge < -0.3 is 14.4 Å². The van der Waals surface area contributed by atoms with Gasteiger partial charge in [-0.15, -0.1) is 0 Å². The summed E-state index contributed by atoms with van der Waals surface area (Å²) < 4.78 is 7.95. The average molecular weight is 338 g/mol. The summed E-state index contributed by atoms with van der Waals surface area (Å²) in [6.07, 6.45) is -0.599. The topological polar surface area (TPSA) is 47.3 Å². The minimum atomic E-state index is -0.599. The molecule has 3 aromatic rings. The Morgan fingerprint density at radius 1 is 1.12 bits per heavy atom. The van der Waals surface area contributed by atoms with Crippen LogP contribution in [0.5, 0.6) is 5.75 Å². The fraction of sp³-hybridized carbons (Fsp3) is 0.381. The van der Waals surface area contributed by atoms with E-state index in [0.29, 0.717) is 12.5 Å². The normalized spacial score (nSPS) is 12.7. The van der Waals surface area contributed by atoms with E-state index in [0.717, 1.165) is 28.2 Å². The van der Waals surface area contributed by atoms with Crippen molar-refractivity contribution in [2.45, 2.75) is 46.3 Å². The zero-order valence-electron chi connectivity index (χ0n) is 15.4. The second kappa shape index (κ2) is 7.28. The lowest BCUT2D eigenvalue weighted by Crippen LogP contribution is -2.24. The van der Waals surface area contributed by atoms with Gasteiger partial charge in [-0.2, -0.15) is 0 Å². The molecule has 0 aliphatic rings. The first-order valence-electron chi connectivity index (χ1n) is 8.79. The van der Waals surface area contributed by atoms with Gasteiger partial charge in [-0.25, -0.2) is 4.98 Å². The highest BCUT2D eigenvalue weighted by molar-refractivity contribution is 5.75. The standard InChI is InChI=1S/C21H26N2O2/c1-14(2)17-10-9-15(3)21(11-17)25-13-18(24)12-23-16(4)22-19-7-5-6-8-20(19)23/h5-11,14,18,24H,12-13H2,1-4H3/t18-/m0/s1. The summed E-state index contributed by atoms with van der Waals surface area (Å²) in [5.41, 5.74) is 4.32. The number of rotatable bonds is 6. The van der Waals surface area contributed by atoms with Crippen LogP contribution in [0.15, 0.2) is 42.5 Å². The number of aliphatic hydroxyl groups is 1. The Balaban J connectivity index is 1.70. The summed E-state index contributed by atoms with van der Waals surface area (Å²) in [5, 5.41) is 10.5. The van der Waals surface area contributed by atoms with Gasteiger partial charge in [0.15, 0.2) is 0 Å². The van der Waals surface area contributed by atoms with Crippen LogP contribution in [-0.2, 0) is 6.54 Å². The second-order valence-corrected chi connectivity index (χ2v) is 6.90. The van der Waals surface area contributed by atoms with Crippen molar-refractivity contribution in [3.8, 4) is 5.75 Å². The monoisotopic (exact) mass is 338 g/mol. The van der Waals surface area contributed by atoms with Gasteiger partial charge in [-0.3, -0.25) is 0 Å². The van der Waals surface area contributed by atoms with Gasteiger partial charge in [-0.1, -0.05) is 38.1 Å². The van der Waals surface area contributed by atoms with Gasteiger partial charge in [0, 0.05) is 0 Å². The predicted molar refractivity (Wildman–Crippen MR) is 101 cm³/mol. The highest BCUT2D eigenvalue weighted by atomic mass is 16.5. The summed E-state index contributed by atoms with van der Waals surface area (Å²) in [6.45, 7) is 9.04. The first kappa shape index (κ1) is 17.5. The van der Waals surface area contributed by atoms with Crippen molar-refractivity contribution in [1.82, 2.24) is 9.55 Å². The summed E-state index contributed by atoms with van der Waals surface area (Å²) in [5.74, 6) is 2.20. The van der Waals surface area contributed by atoms with Crippen LogP contribution in [0.4, 0.5) is 0 Å². The molecule has 1 N–H and O–H groups in total. The molecule has 0 aliphatic carbocycles. The van der Waals surface area contributed by atoms with E-state index >= 15 is 0 Å². The van der Waals surface area contributed by atoms with Crippen LogP contribution in [0.2, 0.25) is 0 Å². The molecule has 0 saturated carbocycles. The molecule has 25 heavy (non-hydrogen) atoms. The van der Waals surface area contributed by atoms with Gasteiger partial charge >= 0.3 is 0 Å². The Morgan fingerprint density at radius 2 is 1.88 bits per heavy atom. The van der Waals surface area contributed by atoms with E-state index in [4.69, 9.17) is 4.74 Å². The first-order chi connectivity index (χ1) is 12.0. The van der Waals surface area contributed by atoms with E-state index in [9.17, 15) is 5.11 Å². The lowest BCUT2D eigenvalue weighted by molar-refractivity contribution is 0.0925. The Labute approximate surface area is 149 Å². The van der Waals surface area contributed by atoms with Crippen LogP contribution >= 0.6 is 0 Å². The van der Waals surface area contributed by atoms with Crippen molar-refractivity contribution in [2.24, 2.45) is 0 Å². The number of ether oxygens (including phenoxy) is 1. The minimum Gasteiger partial charge on any atom is -0.491 e. The van der Waals surface area contributed by atoms with Crippen molar-refractivity contribution >= 4 is 11.0 Å². The van der Waals surface area contributed by atoms with Gasteiger partial charge in [0.1, 0.15) is 24.3 Å². The number of fused-ring (bicyclic) bond motifs is 1. The highest BCUT2D eigenvalue weighted by Crippen LogP contribution is 2.24. The molecule has 4 heteroatoms. The Morgan fingerprint density at radius 3 is 2.64 bits per heavy atom. The fourth-order valence-corrected chi connectivity index (χ4v) is 3.01. The molecule has 0 fully saturated rings. The number of aryl methyl sites for hydroxylation is 2. The molecular formula is C21H26N2O2. The van der Waals surface area contributed by atoms with Gasteiger partial charge in [0.25, 0.3) is 0 Å². The SMILES string of the molecule is Cc1ccc(C(C)C)cc1OC[C@@H](O)Cn1c(C)nc2ccccc21. The molecule has 0 aliphatic heterocycles. The van der Waals surface area contributed by atoms with E-state index in [2.05, 4.69) is 37.0 Å². The third kappa shape index (κ3) is 3.85. The molecule has 2 aromatic carbocycles. The van der Waals surface area contributed by atoms with Crippen LogP contribution in [-0.4, -0.2) is 27.4 Å². The van der Waals surface area contributed by atoms with Crippen molar-refractivity contribution < 1.29 is 9.84 Å². The number of aromatic nitrogens is 2. The largest absolute Gasteiger partial charge is 0.491 e. The van der Waals surface area contributed by atoms with Gasteiger partial charge in [-0.05, 0) is 49.1 Å². The highest BCUT2D eigenvalue weighted by Gasteiger charge is 2.13. The number of para-hydroxylation sites is 2. The minimum absolute atomic E-state index is 0.258. The maximum Gasteiger partial charge on any atom is 0.122 e. The van der Waals surface area contributed by atoms with Crippen molar-refractivity contribution in [3.05, 3.63) is 59.4 Å². The molecule has 0 bridgehead atoms. The Hall–Kier alpha value is -2.33. The Bertz CT molecular complexity index is 867. The summed E-state index contributed by atoms with van der Waals surface area (Å²) in [7, 11) is 0. The lowest BCUT2D eigenvalue weighted by atomic mass is 10.0. The number of imidazole rings is 1. The summed E-state index contributed by atoms with van der Waals surface area (Å²) in [6, 6.07) is 14.3. The molecule has 0 spiro atoms. The van der Waals surface area contributed by atoms with Crippen molar-refractivity contribution in [3.63, 3.8) is 0 Å². The van der Waals surface area contributed by atoms with Gasteiger partial charge in [0.2, 0.25) is 0 Å². The van der Waals surface area contributed by atoms with Crippen LogP contribution in [0.1, 0.15) is 36.7 Å². The maximum absolute atomic E-state index is 10.5. The summed E-state index contributed by atoms with van der Waals surface area (Å²) in [4.78, 5) is 4.54. The smallest absolute Gasteiger partial charge is 0.122 e. The number of benzene rings is 2. The van der Waals surface area contributed by atoms with Gasteiger partial charge in [0.05, 0.1) is 17.6 Å². The average Bonchev–Trinajstić information content (AvgIpc) is 2.89. The zero-order valence-corrected chi connectivity index (χ0v) is 15.4. The zero-order chi connectivity index (χ0) is 18.0.